The SMILES string of the molecule is COCC(=O)Nc1ccc2c(c1)C(c1sccc1Br)Oc1cccc(OC(F)F)c1-2. The van der Waals surface area contributed by atoms with E-state index < -0.39 is 12.7 Å². The van der Waals surface area contributed by atoms with Gasteiger partial charge in [0.25, 0.3) is 0 Å². The van der Waals surface area contributed by atoms with E-state index in [2.05, 4.69) is 21.2 Å². The van der Waals surface area contributed by atoms with Crippen molar-refractivity contribution in [2.24, 2.45) is 0 Å². The molecule has 4 rings (SSSR count). The number of methoxy groups -OCH3 is 1. The second kappa shape index (κ2) is 8.71. The topological polar surface area (TPSA) is 56.8 Å². The third kappa shape index (κ3) is 4.05. The Morgan fingerprint density at radius 3 is 2.83 bits per heavy atom. The maximum Gasteiger partial charge on any atom is 0.387 e. The van der Waals surface area contributed by atoms with E-state index in [1.165, 1.54) is 24.5 Å². The van der Waals surface area contributed by atoms with E-state index in [-0.39, 0.29) is 18.3 Å². The van der Waals surface area contributed by atoms with Crippen molar-refractivity contribution in [3.63, 3.8) is 0 Å². The summed E-state index contributed by atoms with van der Waals surface area (Å²) in [7, 11) is 1.44. The number of benzene rings is 2. The van der Waals surface area contributed by atoms with Gasteiger partial charge in [0.05, 0.1) is 10.4 Å². The molecule has 0 spiro atoms. The molecule has 1 atom stereocenters. The van der Waals surface area contributed by atoms with Crippen LogP contribution >= 0.6 is 27.3 Å². The van der Waals surface area contributed by atoms with E-state index in [0.717, 1.165) is 14.9 Å². The summed E-state index contributed by atoms with van der Waals surface area (Å²) in [5.41, 5.74) is 2.42. The molecule has 1 unspecified atom stereocenters. The average Bonchev–Trinajstić information content (AvgIpc) is 3.12. The van der Waals surface area contributed by atoms with Gasteiger partial charge < -0.3 is 19.5 Å². The number of hydrogen-bond acceptors (Lipinski definition) is 5. The highest BCUT2D eigenvalue weighted by Crippen LogP contribution is 2.51. The van der Waals surface area contributed by atoms with Gasteiger partial charge in [-0.15, -0.1) is 11.3 Å². The van der Waals surface area contributed by atoms with Gasteiger partial charge in [0.2, 0.25) is 5.91 Å². The summed E-state index contributed by atoms with van der Waals surface area (Å²) in [5, 5.41) is 4.69. The van der Waals surface area contributed by atoms with Gasteiger partial charge in [0, 0.05) is 22.8 Å². The maximum atomic E-state index is 13.0. The van der Waals surface area contributed by atoms with Crippen LogP contribution < -0.4 is 14.8 Å². The Kier molecular flexibility index (Phi) is 6.03. The van der Waals surface area contributed by atoms with E-state index in [9.17, 15) is 13.6 Å². The van der Waals surface area contributed by atoms with E-state index in [1.54, 1.807) is 30.3 Å². The summed E-state index contributed by atoms with van der Waals surface area (Å²) >= 11 is 5.05. The molecule has 1 aliphatic heterocycles. The number of carbonyl (C=O) groups excluding carboxylic acids is 1. The van der Waals surface area contributed by atoms with Gasteiger partial charge in [-0.3, -0.25) is 4.79 Å². The van der Waals surface area contributed by atoms with Crippen molar-refractivity contribution in [2.75, 3.05) is 19.0 Å². The molecule has 1 aliphatic rings. The number of halogens is 3. The van der Waals surface area contributed by atoms with Crippen LogP contribution in [0.25, 0.3) is 11.1 Å². The van der Waals surface area contributed by atoms with E-state index in [4.69, 9.17) is 14.2 Å². The molecule has 1 amide bonds. The van der Waals surface area contributed by atoms with Crippen molar-refractivity contribution in [3.8, 4) is 22.6 Å². The molecular formula is C21H16BrF2NO4S. The van der Waals surface area contributed by atoms with Gasteiger partial charge in [-0.25, -0.2) is 0 Å². The number of nitrogens with one attached hydrogen (secondary N) is 1. The lowest BCUT2D eigenvalue weighted by atomic mass is 9.91. The smallest absolute Gasteiger partial charge is 0.387 e. The fraction of sp³-hybridized carbons (Fsp3) is 0.190. The number of thiophene rings is 1. The molecular weight excluding hydrogens is 480 g/mol. The van der Waals surface area contributed by atoms with Gasteiger partial charge in [0.15, 0.2) is 6.10 Å². The van der Waals surface area contributed by atoms with Crippen molar-refractivity contribution >= 4 is 38.9 Å². The van der Waals surface area contributed by atoms with Crippen LogP contribution in [0.5, 0.6) is 11.5 Å². The fourth-order valence-electron chi connectivity index (χ4n) is 3.36. The van der Waals surface area contributed by atoms with Crippen molar-refractivity contribution in [1.82, 2.24) is 0 Å². The van der Waals surface area contributed by atoms with Crippen molar-refractivity contribution in [3.05, 3.63) is 62.8 Å². The maximum absolute atomic E-state index is 13.0. The Balaban J connectivity index is 1.85. The normalized spacial score (nSPS) is 14.6. The monoisotopic (exact) mass is 495 g/mol. The lowest BCUT2D eigenvalue weighted by molar-refractivity contribution is -0.119. The molecule has 156 valence electrons. The van der Waals surface area contributed by atoms with Crippen LogP contribution in [0.4, 0.5) is 14.5 Å². The summed E-state index contributed by atoms with van der Waals surface area (Å²) in [4.78, 5) is 12.9. The standard InChI is InChI=1S/C21H16BrF2NO4S/c1-27-10-17(26)25-11-5-6-12-13(9-11)19(20-14(22)7-8-30-20)28-15-3-2-4-16(18(12)15)29-21(23)24/h2-9,19,21H,10H2,1H3,(H,25,26). The summed E-state index contributed by atoms with van der Waals surface area (Å²) < 4.78 is 42.6. The molecule has 0 saturated heterocycles. The Morgan fingerprint density at radius 1 is 1.30 bits per heavy atom. The Bertz CT molecular complexity index is 1090. The number of amides is 1. The predicted molar refractivity (Wildman–Crippen MR) is 114 cm³/mol. The van der Waals surface area contributed by atoms with Crippen LogP contribution in [0.15, 0.2) is 52.3 Å². The van der Waals surface area contributed by atoms with Gasteiger partial charge in [0.1, 0.15) is 18.1 Å². The van der Waals surface area contributed by atoms with Crippen molar-refractivity contribution < 1.29 is 27.8 Å². The van der Waals surface area contributed by atoms with Gasteiger partial charge in [-0.1, -0.05) is 12.1 Å². The highest BCUT2D eigenvalue weighted by molar-refractivity contribution is 9.10. The van der Waals surface area contributed by atoms with E-state index in [1.807, 2.05) is 11.4 Å². The third-order valence-corrected chi connectivity index (χ3v) is 6.41. The lowest BCUT2D eigenvalue weighted by Crippen LogP contribution is -2.19. The summed E-state index contributed by atoms with van der Waals surface area (Å²) in [6, 6.07) is 12.0. The van der Waals surface area contributed by atoms with Crippen molar-refractivity contribution in [2.45, 2.75) is 12.7 Å². The van der Waals surface area contributed by atoms with Crippen LogP contribution in [0.3, 0.4) is 0 Å². The summed E-state index contributed by atoms with van der Waals surface area (Å²) in [5.74, 6) is 0.177. The molecule has 9 heteroatoms. The first-order valence-corrected chi connectivity index (χ1v) is 10.6. The summed E-state index contributed by atoms with van der Waals surface area (Å²) in [6.45, 7) is -3.04. The number of ether oxygens (including phenoxy) is 3. The summed E-state index contributed by atoms with van der Waals surface area (Å²) in [6.07, 6.45) is -0.483. The fourth-order valence-corrected chi connectivity index (χ4v) is 4.99. The highest BCUT2D eigenvalue weighted by atomic mass is 79.9. The number of hydrogen-bond donors (Lipinski definition) is 1. The number of carbonyl (C=O) groups is 1. The van der Waals surface area contributed by atoms with E-state index in [0.29, 0.717) is 22.6 Å². The Labute approximate surface area is 183 Å². The largest absolute Gasteiger partial charge is 0.479 e. The molecule has 2 aromatic carbocycles. The number of alkyl halides is 2. The minimum Gasteiger partial charge on any atom is -0.479 e. The predicted octanol–water partition coefficient (Wildman–Crippen LogP) is 5.85. The highest BCUT2D eigenvalue weighted by Gasteiger charge is 2.32. The van der Waals surface area contributed by atoms with E-state index >= 15 is 0 Å². The van der Waals surface area contributed by atoms with Crippen LogP contribution in [0.1, 0.15) is 16.5 Å². The molecule has 3 aromatic rings. The average molecular weight is 496 g/mol. The lowest BCUT2D eigenvalue weighted by Gasteiger charge is -2.30. The first kappa shape index (κ1) is 20.8. The Hall–Kier alpha value is -2.49. The molecule has 0 radical (unpaired) electrons. The van der Waals surface area contributed by atoms with Crippen LogP contribution in [0.2, 0.25) is 0 Å². The van der Waals surface area contributed by atoms with Crippen LogP contribution in [-0.2, 0) is 9.53 Å². The minimum absolute atomic E-state index is 0.0311. The van der Waals surface area contributed by atoms with Gasteiger partial charge in [-0.2, -0.15) is 8.78 Å². The number of anilines is 1. The number of rotatable bonds is 6. The first-order chi connectivity index (χ1) is 14.5. The zero-order valence-corrected chi connectivity index (χ0v) is 18.1. The number of fused-ring (bicyclic) bond motifs is 3. The quantitative estimate of drug-likeness (QED) is 0.466. The zero-order valence-electron chi connectivity index (χ0n) is 15.7. The molecule has 0 bridgehead atoms. The molecule has 0 saturated carbocycles. The molecule has 2 heterocycles. The van der Waals surface area contributed by atoms with Crippen molar-refractivity contribution in [1.29, 1.82) is 0 Å². The van der Waals surface area contributed by atoms with Crippen LogP contribution in [-0.4, -0.2) is 26.2 Å². The zero-order chi connectivity index (χ0) is 21.3. The van der Waals surface area contributed by atoms with Gasteiger partial charge >= 0.3 is 6.61 Å². The molecule has 5 nitrogen and oxygen atoms in total. The molecule has 0 fully saturated rings. The molecule has 1 N–H and O–H groups in total. The molecule has 1 aromatic heterocycles. The minimum atomic E-state index is -2.96. The second-order valence-electron chi connectivity index (χ2n) is 6.42. The van der Waals surface area contributed by atoms with Gasteiger partial charge in [-0.05, 0) is 57.2 Å². The van der Waals surface area contributed by atoms with Crippen LogP contribution in [0, 0.1) is 0 Å². The Morgan fingerprint density at radius 2 is 2.13 bits per heavy atom. The second-order valence-corrected chi connectivity index (χ2v) is 8.22. The first-order valence-electron chi connectivity index (χ1n) is 8.88. The molecule has 0 aliphatic carbocycles. The molecule has 30 heavy (non-hydrogen) atoms. The third-order valence-electron chi connectivity index (χ3n) is 4.49.